The van der Waals surface area contributed by atoms with Gasteiger partial charge < -0.3 is 15.2 Å². The Morgan fingerprint density at radius 1 is 1.39 bits per heavy atom. The summed E-state index contributed by atoms with van der Waals surface area (Å²) in [7, 11) is 0. The van der Waals surface area contributed by atoms with Crippen molar-refractivity contribution in [2.45, 2.75) is 18.9 Å². The molecular weight excluding hydrogens is 238 g/mol. The molecule has 0 bridgehead atoms. The summed E-state index contributed by atoms with van der Waals surface area (Å²) in [5.74, 6) is -1.19. The van der Waals surface area contributed by atoms with Gasteiger partial charge in [0.25, 0.3) is 0 Å². The molecule has 0 radical (unpaired) electrons. The molecule has 7 nitrogen and oxygen atoms in total. The van der Waals surface area contributed by atoms with Crippen molar-refractivity contribution in [2.75, 3.05) is 0 Å². The van der Waals surface area contributed by atoms with Gasteiger partial charge in [0.15, 0.2) is 0 Å². The molecule has 0 saturated heterocycles. The molecule has 1 aliphatic heterocycles. The maximum Gasteiger partial charge on any atom is 0.342 e. The lowest BCUT2D eigenvalue weighted by Gasteiger charge is -2.17. The standard InChI is InChI=1S/C11H13N3O4/c15-8-4-5-9(10(16)17)13-11(18)14-7-3-1-2-6-12-14/h1-3,6-9H,4-5H2,(H,13,18)(H,16,17). The van der Waals surface area contributed by atoms with Crippen molar-refractivity contribution >= 4 is 24.5 Å². The van der Waals surface area contributed by atoms with Gasteiger partial charge in [-0.15, -0.1) is 0 Å². The van der Waals surface area contributed by atoms with E-state index >= 15 is 0 Å². The molecule has 2 N–H and O–H groups in total. The Balaban J connectivity index is 2.60. The number of aldehydes is 1. The van der Waals surface area contributed by atoms with Gasteiger partial charge in [0.1, 0.15) is 12.3 Å². The maximum absolute atomic E-state index is 11.7. The predicted molar refractivity (Wildman–Crippen MR) is 63.9 cm³/mol. The smallest absolute Gasteiger partial charge is 0.342 e. The van der Waals surface area contributed by atoms with E-state index in [0.29, 0.717) is 6.29 Å². The van der Waals surface area contributed by atoms with Crippen LogP contribution in [0.15, 0.2) is 29.5 Å². The Morgan fingerprint density at radius 2 is 2.17 bits per heavy atom. The van der Waals surface area contributed by atoms with E-state index < -0.39 is 18.0 Å². The van der Waals surface area contributed by atoms with Crippen LogP contribution in [0.3, 0.4) is 0 Å². The zero-order valence-corrected chi connectivity index (χ0v) is 9.52. The Morgan fingerprint density at radius 3 is 2.83 bits per heavy atom. The SMILES string of the molecule is O=CCCC(NC(=O)N1C=CC=CC=N1)C(=O)O. The molecule has 1 aliphatic rings. The second-order valence-electron chi connectivity index (χ2n) is 3.42. The number of hydrogen-bond donors (Lipinski definition) is 2. The monoisotopic (exact) mass is 251 g/mol. The van der Waals surface area contributed by atoms with Crippen LogP contribution in [0.2, 0.25) is 0 Å². The molecule has 0 aliphatic carbocycles. The van der Waals surface area contributed by atoms with E-state index in [4.69, 9.17) is 5.11 Å². The fraction of sp³-hybridized carbons (Fsp3) is 0.273. The lowest BCUT2D eigenvalue weighted by molar-refractivity contribution is -0.139. The van der Waals surface area contributed by atoms with Crippen LogP contribution in [-0.4, -0.2) is 40.7 Å². The van der Waals surface area contributed by atoms with Gasteiger partial charge in [-0.3, -0.25) is 0 Å². The first-order chi connectivity index (χ1) is 8.65. The maximum atomic E-state index is 11.7. The summed E-state index contributed by atoms with van der Waals surface area (Å²) in [6.45, 7) is 0. The van der Waals surface area contributed by atoms with Gasteiger partial charge in [-0.25, -0.2) is 9.59 Å². The Kier molecular flexibility index (Phi) is 5.30. The van der Waals surface area contributed by atoms with Gasteiger partial charge >= 0.3 is 12.0 Å². The number of carbonyl (C=O) groups is 3. The first-order valence-electron chi connectivity index (χ1n) is 5.28. The Bertz CT molecular complexity index is 399. The highest BCUT2D eigenvalue weighted by Crippen LogP contribution is 2.01. The quantitative estimate of drug-likeness (QED) is 0.695. The van der Waals surface area contributed by atoms with Crippen LogP contribution in [0, 0.1) is 0 Å². The van der Waals surface area contributed by atoms with Crippen LogP contribution >= 0.6 is 0 Å². The third-order valence-electron chi connectivity index (χ3n) is 2.10. The summed E-state index contributed by atoms with van der Waals surface area (Å²) in [6.07, 6.45) is 8.42. The highest BCUT2D eigenvalue weighted by atomic mass is 16.4. The van der Waals surface area contributed by atoms with Crippen molar-refractivity contribution < 1.29 is 19.5 Å². The molecule has 0 fully saturated rings. The zero-order chi connectivity index (χ0) is 13.4. The van der Waals surface area contributed by atoms with E-state index in [1.807, 2.05) is 0 Å². The average molecular weight is 251 g/mol. The van der Waals surface area contributed by atoms with E-state index in [0.717, 1.165) is 5.01 Å². The molecule has 0 aromatic rings. The number of allylic oxidation sites excluding steroid dienone is 3. The lowest BCUT2D eigenvalue weighted by Crippen LogP contribution is -2.44. The number of rotatable bonds is 5. The third kappa shape index (κ3) is 4.20. The number of hydrogen-bond acceptors (Lipinski definition) is 4. The molecule has 18 heavy (non-hydrogen) atoms. The molecule has 1 heterocycles. The fourth-order valence-electron chi connectivity index (χ4n) is 1.22. The number of urea groups is 1. The lowest BCUT2D eigenvalue weighted by atomic mass is 10.2. The minimum Gasteiger partial charge on any atom is -0.480 e. The van der Waals surface area contributed by atoms with E-state index in [9.17, 15) is 14.4 Å². The van der Waals surface area contributed by atoms with Crippen LogP contribution in [0.1, 0.15) is 12.8 Å². The third-order valence-corrected chi connectivity index (χ3v) is 2.10. The Labute approximate surface area is 103 Å². The molecule has 0 saturated carbocycles. The number of carbonyl (C=O) groups excluding carboxylic acids is 2. The summed E-state index contributed by atoms with van der Waals surface area (Å²) in [4.78, 5) is 32.8. The first kappa shape index (κ1) is 13.6. The molecule has 96 valence electrons. The summed E-state index contributed by atoms with van der Waals surface area (Å²) in [6, 6.07) is -1.77. The summed E-state index contributed by atoms with van der Waals surface area (Å²) in [5.41, 5.74) is 0. The van der Waals surface area contributed by atoms with Crippen LogP contribution in [-0.2, 0) is 9.59 Å². The van der Waals surface area contributed by atoms with Gasteiger partial charge in [0, 0.05) is 18.8 Å². The van der Waals surface area contributed by atoms with Crippen molar-refractivity contribution in [1.82, 2.24) is 10.3 Å². The van der Waals surface area contributed by atoms with Crippen LogP contribution in [0.25, 0.3) is 0 Å². The molecule has 0 aromatic carbocycles. The predicted octanol–water partition coefficient (Wildman–Crippen LogP) is 0.500. The second kappa shape index (κ2) is 7.00. The fourth-order valence-corrected chi connectivity index (χ4v) is 1.22. The van der Waals surface area contributed by atoms with Crippen molar-refractivity contribution in [3.63, 3.8) is 0 Å². The number of hydrazone groups is 1. The summed E-state index contributed by atoms with van der Waals surface area (Å²) < 4.78 is 0. The number of carboxylic acid groups (broad SMARTS) is 1. The van der Waals surface area contributed by atoms with E-state index in [-0.39, 0.29) is 12.8 Å². The number of carboxylic acids is 1. The van der Waals surface area contributed by atoms with Crippen molar-refractivity contribution in [3.8, 4) is 0 Å². The van der Waals surface area contributed by atoms with E-state index in [1.165, 1.54) is 12.4 Å². The van der Waals surface area contributed by atoms with Crippen LogP contribution in [0.4, 0.5) is 4.79 Å². The van der Waals surface area contributed by atoms with Gasteiger partial charge in [-0.2, -0.15) is 10.1 Å². The van der Waals surface area contributed by atoms with E-state index in [2.05, 4.69) is 10.4 Å². The first-order valence-corrected chi connectivity index (χ1v) is 5.28. The molecule has 0 spiro atoms. The molecule has 2 amide bonds. The number of amides is 2. The minimum atomic E-state index is -1.19. The number of nitrogens with zero attached hydrogens (tertiary/aromatic N) is 2. The topological polar surface area (TPSA) is 99.1 Å². The summed E-state index contributed by atoms with van der Waals surface area (Å²) in [5, 5.41) is 15.9. The average Bonchev–Trinajstić information content (AvgIpc) is 2.62. The number of aliphatic carboxylic acids is 1. The zero-order valence-electron chi connectivity index (χ0n) is 9.52. The highest BCUT2D eigenvalue weighted by molar-refractivity contribution is 5.84. The van der Waals surface area contributed by atoms with Gasteiger partial charge in [0.2, 0.25) is 0 Å². The van der Waals surface area contributed by atoms with E-state index in [1.54, 1.807) is 18.2 Å². The van der Waals surface area contributed by atoms with Crippen LogP contribution in [0.5, 0.6) is 0 Å². The Hall–Kier alpha value is -2.44. The second-order valence-corrected chi connectivity index (χ2v) is 3.42. The molecule has 1 unspecified atom stereocenters. The summed E-state index contributed by atoms with van der Waals surface area (Å²) >= 11 is 0. The van der Waals surface area contributed by atoms with Crippen molar-refractivity contribution in [1.29, 1.82) is 0 Å². The molecular formula is C11H13N3O4. The van der Waals surface area contributed by atoms with Gasteiger partial charge in [-0.05, 0) is 18.6 Å². The largest absolute Gasteiger partial charge is 0.480 e. The minimum absolute atomic E-state index is 0.0457. The normalized spacial score (nSPS) is 15.0. The van der Waals surface area contributed by atoms with Gasteiger partial charge in [0.05, 0.1) is 0 Å². The highest BCUT2D eigenvalue weighted by Gasteiger charge is 2.21. The molecule has 7 heteroatoms. The molecule has 1 rings (SSSR count). The molecule has 0 aromatic heterocycles. The van der Waals surface area contributed by atoms with Gasteiger partial charge in [-0.1, -0.05) is 6.08 Å². The number of nitrogens with one attached hydrogen (secondary N) is 1. The molecule has 1 atom stereocenters. The van der Waals surface area contributed by atoms with Crippen LogP contribution < -0.4 is 5.32 Å². The van der Waals surface area contributed by atoms with Crippen molar-refractivity contribution in [2.24, 2.45) is 5.10 Å². The van der Waals surface area contributed by atoms with Crippen molar-refractivity contribution in [3.05, 3.63) is 24.4 Å².